The highest BCUT2D eigenvalue weighted by molar-refractivity contribution is 9.10. The van der Waals surface area contributed by atoms with Gasteiger partial charge in [0.1, 0.15) is 5.75 Å². The molecular formula is C21H25BrN2O3. The second kappa shape index (κ2) is 9.04. The molecule has 27 heavy (non-hydrogen) atoms. The van der Waals surface area contributed by atoms with Crippen molar-refractivity contribution in [1.29, 1.82) is 0 Å². The molecule has 0 unspecified atom stereocenters. The first-order valence-electron chi connectivity index (χ1n) is 8.81. The molecule has 0 saturated carbocycles. The average molecular weight is 433 g/mol. The van der Waals surface area contributed by atoms with E-state index < -0.39 is 5.91 Å². The lowest BCUT2D eigenvalue weighted by atomic mass is 9.87. The first-order chi connectivity index (χ1) is 12.7. The standard InChI is InChI=1S/C21H25BrN2O3/c1-5-14-6-11-18(17(22)12-14)27-13-19(25)23-24-20(26)15-7-9-16(10-8-15)21(2,3)4/h6-12H,5,13H2,1-4H3,(H,23,25)(H,24,26). The largest absolute Gasteiger partial charge is 0.483 e. The van der Waals surface area contributed by atoms with Gasteiger partial charge in [0.2, 0.25) is 0 Å². The van der Waals surface area contributed by atoms with Gasteiger partial charge >= 0.3 is 0 Å². The molecule has 0 aliphatic heterocycles. The molecule has 2 N–H and O–H groups in total. The molecule has 2 aromatic carbocycles. The molecule has 0 aromatic heterocycles. The third-order valence-corrected chi connectivity index (χ3v) is 4.71. The van der Waals surface area contributed by atoms with E-state index in [1.807, 2.05) is 30.3 Å². The van der Waals surface area contributed by atoms with Gasteiger partial charge in [-0.15, -0.1) is 0 Å². The molecule has 144 valence electrons. The molecule has 2 aromatic rings. The third-order valence-electron chi connectivity index (χ3n) is 4.09. The van der Waals surface area contributed by atoms with Crippen LogP contribution in [0.2, 0.25) is 0 Å². The average Bonchev–Trinajstić information content (AvgIpc) is 2.64. The van der Waals surface area contributed by atoms with Crippen LogP contribution >= 0.6 is 15.9 Å². The Labute approximate surface area is 168 Å². The predicted octanol–water partition coefficient (Wildman–Crippen LogP) is 4.15. The van der Waals surface area contributed by atoms with Gasteiger partial charge in [-0.1, -0.05) is 45.9 Å². The number of ether oxygens (including phenoxy) is 1. The molecule has 0 atom stereocenters. The number of nitrogens with one attached hydrogen (secondary N) is 2. The maximum Gasteiger partial charge on any atom is 0.276 e. The van der Waals surface area contributed by atoms with Crippen LogP contribution in [0.15, 0.2) is 46.9 Å². The number of halogens is 1. The minimum Gasteiger partial charge on any atom is -0.483 e. The molecule has 5 nitrogen and oxygen atoms in total. The zero-order valence-electron chi connectivity index (χ0n) is 16.1. The molecule has 0 spiro atoms. The maximum absolute atomic E-state index is 12.1. The number of hydrazine groups is 1. The Morgan fingerprint density at radius 2 is 1.70 bits per heavy atom. The van der Waals surface area contributed by atoms with Crippen LogP contribution in [0, 0.1) is 0 Å². The molecule has 0 aliphatic carbocycles. The normalized spacial score (nSPS) is 11.0. The van der Waals surface area contributed by atoms with Crippen LogP contribution in [0.25, 0.3) is 0 Å². The van der Waals surface area contributed by atoms with E-state index in [0.29, 0.717) is 11.3 Å². The fourth-order valence-corrected chi connectivity index (χ4v) is 2.92. The molecule has 6 heteroatoms. The van der Waals surface area contributed by atoms with Gasteiger partial charge < -0.3 is 4.74 Å². The van der Waals surface area contributed by atoms with Crippen molar-refractivity contribution < 1.29 is 14.3 Å². The summed E-state index contributed by atoms with van der Waals surface area (Å²) in [6.45, 7) is 8.19. The van der Waals surface area contributed by atoms with Crippen LogP contribution in [0.3, 0.4) is 0 Å². The summed E-state index contributed by atoms with van der Waals surface area (Å²) in [6, 6.07) is 13.0. The number of hydrogen-bond donors (Lipinski definition) is 2. The Kier molecular flexibility index (Phi) is 7.02. The van der Waals surface area contributed by atoms with E-state index >= 15 is 0 Å². The van der Waals surface area contributed by atoms with Gasteiger partial charge in [0.05, 0.1) is 4.47 Å². The minimum atomic E-state index is -0.443. The zero-order chi connectivity index (χ0) is 20.0. The van der Waals surface area contributed by atoms with Crippen LogP contribution in [0.5, 0.6) is 5.75 Å². The molecule has 0 heterocycles. The lowest BCUT2D eigenvalue weighted by Gasteiger charge is -2.19. The summed E-state index contributed by atoms with van der Waals surface area (Å²) >= 11 is 3.42. The second-order valence-electron chi connectivity index (χ2n) is 7.24. The molecular weight excluding hydrogens is 408 g/mol. The van der Waals surface area contributed by atoms with Crippen LogP contribution in [-0.4, -0.2) is 18.4 Å². The van der Waals surface area contributed by atoms with Crippen LogP contribution in [-0.2, 0) is 16.6 Å². The number of carbonyl (C=O) groups excluding carboxylic acids is 2. The summed E-state index contributed by atoms with van der Waals surface area (Å²) < 4.78 is 6.27. The number of benzene rings is 2. The van der Waals surface area contributed by atoms with Crippen molar-refractivity contribution in [2.45, 2.75) is 39.5 Å². The number of hydrogen-bond acceptors (Lipinski definition) is 3. The van der Waals surface area contributed by atoms with Crippen molar-refractivity contribution in [1.82, 2.24) is 10.9 Å². The molecule has 2 amide bonds. The molecule has 0 aliphatic rings. The number of aryl methyl sites for hydroxylation is 1. The Hall–Kier alpha value is -2.34. The molecule has 0 bridgehead atoms. The summed E-state index contributed by atoms with van der Waals surface area (Å²) in [5, 5.41) is 0. The Morgan fingerprint density at radius 1 is 1.04 bits per heavy atom. The van der Waals surface area contributed by atoms with Crippen molar-refractivity contribution in [3.63, 3.8) is 0 Å². The summed E-state index contributed by atoms with van der Waals surface area (Å²) in [7, 11) is 0. The highest BCUT2D eigenvalue weighted by Gasteiger charge is 2.14. The van der Waals surface area contributed by atoms with Gasteiger partial charge in [0, 0.05) is 5.56 Å². The van der Waals surface area contributed by atoms with Gasteiger partial charge in [0.15, 0.2) is 6.61 Å². The topological polar surface area (TPSA) is 67.4 Å². The van der Waals surface area contributed by atoms with Crippen LogP contribution in [0.4, 0.5) is 0 Å². The first kappa shape index (κ1) is 21.0. The van der Waals surface area contributed by atoms with Crippen LogP contribution in [0.1, 0.15) is 49.2 Å². The Bertz CT molecular complexity index is 811. The van der Waals surface area contributed by atoms with Crippen molar-refractivity contribution in [2.24, 2.45) is 0 Å². The lowest BCUT2D eigenvalue weighted by molar-refractivity contribution is -0.123. The fraction of sp³-hybridized carbons (Fsp3) is 0.333. The van der Waals surface area contributed by atoms with E-state index in [1.54, 1.807) is 12.1 Å². The summed E-state index contributed by atoms with van der Waals surface area (Å²) in [4.78, 5) is 24.0. The second-order valence-corrected chi connectivity index (χ2v) is 8.09. The SMILES string of the molecule is CCc1ccc(OCC(=O)NNC(=O)c2ccc(C(C)(C)C)cc2)c(Br)c1. The van der Waals surface area contributed by atoms with Gasteiger partial charge in [-0.3, -0.25) is 20.4 Å². The summed E-state index contributed by atoms with van der Waals surface area (Å²) in [5.74, 6) is -0.245. The van der Waals surface area contributed by atoms with E-state index in [0.717, 1.165) is 16.5 Å². The Balaban J connectivity index is 1.83. The van der Waals surface area contributed by atoms with Gasteiger partial charge in [-0.05, 0) is 63.2 Å². The van der Waals surface area contributed by atoms with E-state index in [1.165, 1.54) is 5.56 Å². The summed E-state index contributed by atoms with van der Waals surface area (Å²) in [5.41, 5.74) is 7.55. The van der Waals surface area contributed by atoms with E-state index in [-0.39, 0.29) is 17.9 Å². The highest BCUT2D eigenvalue weighted by atomic mass is 79.9. The number of rotatable bonds is 5. The van der Waals surface area contributed by atoms with Gasteiger partial charge in [-0.25, -0.2) is 0 Å². The van der Waals surface area contributed by atoms with Crippen molar-refractivity contribution in [3.8, 4) is 5.75 Å². The number of carbonyl (C=O) groups is 2. The molecule has 0 fully saturated rings. The van der Waals surface area contributed by atoms with Gasteiger partial charge in [-0.2, -0.15) is 0 Å². The summed E-state index contributed by atoms with van der Waals surface area (Å²) in [6.07, 6.45) is 0.919. The lowest BCUT2D eigenvalue weighted by Crippen LogP contribution is -2.43. The zero-order valence-corrected chi connectivity index (χ0v) is 17.6. The van der Waals surface area contributed by atoms with Crippen molar-refractivity contribution in [2.75, 3.05) is 6.61 Å². The van der Waals surface area contributed by atoms with Crippen LogP contribution < -0.4 is 15.6 Å². The fourth-order valence-electron chi connectivity index (χ4n) is 2.38. The van der Waals surface area contributed by atoms with Crippen molar-refractivity contribution >= 4 is 27.7 Å². The predicted molar refractivity (Wildman–Crippen MR) is 110 cm³/mol. The minimum absolute atomic E-state index is 0.0180. The molecule has 0 saturated heterocycles. The smallest absolute Gasteiger partial charge is 0.276 e. The van der Waals surface area contributed by atoms with Gasteiger partial charge in [0.25, 0.3) is 11.8 Å². The third kappa shape index (κ3) is 6.10. The first-order valence-corrected chi connectivity index (χ1v) is 9.61. The highest BCUT2D eigenvalue weighted by Crippen LogP contribution is 2.26. The Morgan fingerprint density at radius 3 is 2.26 bits per heavy atom. The van der Waals surface area contributed by atoms with E-state index in [2.05, 4.69) is 54.5 Å². The monoisotopic (exact) mass is 432 g/mol. The molecule has 2 rings (SSSR count). The van der Waals surface area contributed by atoms with E-state index in [9.17, 15) is 9.59 Å². The maximum atomic E-state index is 12.1. The quantitative estimate of drug-likeness (QED) is 0.697. The number of amides is 2. The van der Waals surface area contributed by atoms with Crippen molar-refractivity contribution in [3.05, 3.63) is 63.6 Å². The van der Waals surface area contributed by atoms with E-state index in [4.69, 9.17) is 4.74 Å². The molecule has 0 radical (unpaired) electrons.